The fourth-order valence-corrected chi connectivity index (χ4v) is 2.18. The van der Waals surface area contributed by atoms with E-state index in [-0.39, 0.29) is 18.8 Å². The summed E-state index contributed by atoms with van der Waals surface area (Å²) in [6.45, 7) is 1.88. The number of nitrogens with one attached hydrogen (secondary N) is 1. The number of ketones is 1. The summed E-state index contributed by atoms with van der Waals surface area (Å²) >= 11 is 0. The van der Waals surface area contributed by atoms with Crippen molar-refractivity contribution >= 4 is 11.7 Å². The summed E-state index contributed by atoms with van der Waals surface area (Å²) in [7, 11) is 0.818. The normalized spacial score (nSPS) is 21.6. The fourth-order valence-electron chi connectivity index (χ4n) is 2.18. The van der Waals surface area contributed by atoms with Gasteiger partial charge in [-0.1, -0.05) is 30.3 Å². The molecule has 2 rings (SSSR count). The van der Waals surface area contributed by atoms with Crippen LogP contribution in [0.1, 0.15) is 18.9 Å². The van der Waals surface area contributed by atoms with Crippen molar-refractivity contribution in [3.05, 3.63) is 35.9 Å². The topological polar surface area (TPSA) is 67.9 Å². The minimum absolute atomic E-state index is 0.211. The molecule has 1 amide bonds. The van der Waals surface area contributed by atoms with Gasteiger partial charge in [0.05, 0.1) is 12.6 Å². The Morgan fingerprint density at radius 2 is 2.00 bits per heavy atom. The third-order valence-corrected chi connectivity index (χ3v) is 3.70. The van der Waals surface area contributed by atoms with Gasteiger partial charge in [-0.05, 0) is 18.9 Å². The van der Waals surface area contributed by atoms with E-state index in [0.717, 1.165) is 12.7 Å². The van der Waals surface area contributed by atoms with Crippen molar-refractivity contribution in [3.8, 4) is 0 Å². The molecule has 0 saturated carbocycles. The van der Waals surface area contributed by atoms with Gasteiger partial charge in [-0.25, -0.2) is 0 Å². The molecule has 0 bridgehead atoms. The zero-order chi connectivity index (χ0) is 17.1. The first kappa shape index (κ1) is 17.5. The predicted octanol–water partition coefficient (Wildman–Crippen LogP) is 1.70. The molecule has 0 aromatic heterocycles. The van der Waals surface area contributed by atoms with Gasteiger partial charge in [0.15, 0.2) is 5.78 Å². The number of rotatable bonds is 8. The van der Waals surface area contributed by atoms with Crippen LogP contribution in [0.2, 0.25) is 0 Å². The standard InChI is InChI=1S/C16H19F2NO4/c1-15(10-23-15)14(21)12(8-11-6-4-3-5-7-11)19-13(20)9-16(17,18)22-2/h3-7,12H,8-10H2,1-2H3,(H,19,20)/t12-,15+/m0/s1. The summed E-state index contributed by atoms with van der Waals surface area (Å²) in [5, 5.41) is 2.37. The minimum atomic E-state index is -3.57. The van der Waals surface area contributed by atoms with Crippen LogP contribution in [0.3, 0.4) is 0 Å². The molecule has 2 atom stereocenters. The molecule has 1 aliphatic rings. The highest BCUT2D eigenvalue weighted by molar-refractivity contribution is 5.96. The van der Waals surface area contributed by atoms with Crippen LogP contribution in [0.4, 0.5) is 8.78 Å². The molecule has 1 saturated heterocycles. The average Bonchev–Trinajstić information content (AvgIpc) is 3.25. The fraction of sp³-hybridized carbons (Fsp3) is 0.500. The number of methoxy groups -OCH3 is 1. The number of carbonyl (C=O) groups excluding carboxylic acids is 2. The number of hydrogen-bond donors (Lipinski definition) is 1. The van der Waals surface area contributed by atoms with Gasteiger partial charge in [0.25, 0.3) is 0 Å². The molecule has 0 radical (unpaired) electrons. The van der Waals surface area contributed by atoms with E-state index >= 15 is 0 Å². The quantitative estimate of drug-likeness (QED) is 0.738. The average molecular weight is 327 g/mol. The first-order valence-electron chi connectivity index (χ1n) is 7.20. The molecule has 5 nitrogen and oxygen atoms in total. The summed E-state index contributed by atoms with van der Waals surface area (Å²) < 4.78 is 35.3. The van der Waals surface area contributed by atoms with Gasteiger partial charge in [0.2, 0.25) is 5.91 Å². The van der Waals surface area contributed by atoms with Crippen molar-refractivity contribution < 1.29 is 27.8 Å². The number of halogens is 2. The zero-order valence-corrected chi connectivity index (χ0v) is 13.0. The van der Waals surface area contributed by atoms with Crippen LogP contribution in [0.15, 0.2) is 30.3 Å². The van der Waals surface area contributed by atoms with E-state index in [0.29, 0.717) is 0 Å². The molecule has 0 unspecified atom stereocenters. The first-order chi connectivity index (χ1) is 10.8. The highest BCUT2D eigenvalue weighted by atomic mass is 19.3. The van der Waals surface area contributed by atoms with Gasteiger partial charge < -0.3 is 14.8 Å². The lowest BCUT2D eigenvalue weighted by Gasteiger charge is -2.21. The molecular weight excluding hydrogens is 308 g/mol. The molecule has 23 heavy (non-hydrogen) atoms. The highest BCUT2D eigenvalue weighted by Crippen LogP contribution is 2.29. The Morgan fingerprint density at radius 1 is 1.39 bits per heavy atom. The maximum Gasteiger partial charge on any atom is 0.364 e. The Balaban J connectivity index is 2.07. The molecule has 0 aliphatic carbocycles. The monoisotopic (exact) mass is 327 g/mol. The van der Waals surface area contributed by atoms with Crippen LogP contribution in [0.25, 0.3) is 0 Å². The number of carbonyl (C=O) groups is 2. The van der Waals surface area contributed by atoms with Crippen LogP contribution >= 0.6 is 0 Å². The van der Waals surface area contributed by atoms with Crippen molar-refractivity contribution in [1.82, 2.24) is 5.32 Å². The lowest BCUT2D eigenvalue weighted by atomic mass is 9.95. The van der Waals surface area contributed by atoms with Gasteiger partial charge in [-0.15, -0.1) is 0 Å². The van der Waals surface area contributed by atoms with Crippen LogP contribution in [0.5, 0.6) is 0 Å². The van der Waals surface area contributed by atoms with Crippen molar-refractivity contribution in [2.75, 3.05) is 13.7 Å². The van der Waals surface area contributed by atoms with Gasteiger partial charge in [-0.2, -0.15) is 8.78 Å². The van der Waals surface area contributed by atoms with Crippen LogP contribution in [-0.4, -0.2) is 43.2 Å². The predicted molar refractivity (Wildman–Crippen MR) is 78.0 cm³/mol. The van der Waals surface area contributed by atoms with E-state index in [1.165, 1.54) is 0 Å². The summed E-state index contributed by atoms with van der Waals surface area (Å²) in [6.07, 6.45) is -4.49. The SMILES string of the molecule is COC(F)(F)CC(=O)N[C@@H](Cc1ccccc1)C(=O)[C@@]1(C)CO1. The molecule has 7 heteroatoms. The maximum absolute atomic E-state index is 13.1. The van der Waals surface area contributed by atoms with E-state index in [4.69, 9.17) is 4.74 Å². The van der Waals surface area contributed by atoms with Crippen molar-refractivity contribution in [3.63, 3.8) is 0 Å². The zero-order valence-electron chi connectivity index (χ0n) is 13.0. The van der Waals surface area contributed by atoms with E-state index in [2.05, 4.69) is 10.1 Å². The Morgan fingerprint density at radius 3 is 2.52 bits per heavy atom. The number of benzene rings is 1. The molecule has 1 aliphatic heterocycles. The largest absolute Gasteiger partial charge is 0.364 e. The number of Topliss-reactive ketones (excluding diaryl/α,β-unsaturated/α-hetero) is 1. The van der Waals surface area contributed by atoms with E-state index in [1.807, 2.05) is 6.07 Å². The third-order valence-electron chi connectivity index (χ3n) is 3.70. The number of epoxide rings is 1. The summed E-state index contributed by atoms with van der Waals surface area (Å²) in [5.74, 6) is -1.27. The number of ether oxygens (including phenoxy) is 2. The van der Waals surface area contributed by atoms with E-state index in [1.54, 1.807) is 31.2 Å². The second-order valence-electron chi connectivity index (χ2n) is 5.71. The Kier molecular flexibility index (Phi) is 5.11. The molecule has 0 spiro atoms. The van der Waals surface area contributed by atoms with E-state index in [9.17, 15) is 18.4 Å². The van der Waals surface area contributed by atoms with Crippen LogP contribution < -0.4 is 5.32 Å². The third kappa shape index (κ3) is 4.80. The van der Waals surface area contributed by atoms with Gasteiger partial charge in [0.1, 0.15) is 12.0 Å². The molecule has 1 heterocycles. The van der Waals surface area contributed by atoms with Crippen LogP contribution in [-0.2, 0) is 25.5 Å². The molecule has 1 fully saturated rings. The Labute approximate surface area is 133 Å². The molecule has 1 N–H and O–H groups in total. The van der Waals surface area contributed by atoms with Gasteiger partial charge in [-0.3, -0.25) is 9.59 Å². The number of hydrogen-bond acceptors (Lipinski definition) is 4. The summed E-state index contributed by atoms with van der Waals surface area (Å²) in [6, 6.07) is 8.09. The summed E-state index contributed by atoms with van der Waals surface area (Å²) in [5.41, 5.74) is -0.134. The van der Waals surface area contributed by atoms with Crippen molar-refractivity contribution in [1.29, 1.82) is 0 Å². The second kappa shape index (κ2) is 6.72. The lowest BCUT2D eigenvalue weighted by molar-refractivity contribution is -0.223. The van der Waals surface area contributed by atoms with Crippen LogP contribution in [0, 0.1) is 0 Å². The Hall–Kier alpha value is -1.86. The minimum Gasteiger partial charge on any atom is -0.361 e. The lowest BCUT2D eigenvalue weighted by Crippen LogP contribution is -2.48. The van der Waals surface area contributed by atoms with E-state index < -0.39 is 30.1 Å². The smallest absolute Gasteiger partial charge is 0.361 e. The summed E-state index contributed by atoms with van der Waals surface area (Å²) in [4.78, 5) is 24.2. The van der Waals surface area contributed by atoms with Crippen molar-refractivity contribution in [2.45, 2.75) is 37.5 Å². The second-order valence-corrected chi connectivity index (χ2v) is 5.71. The Bertz CT molecular complexity index is 573. The highest BCUT2D eigenvalue weighted by Gasteiger charge is 2.50. The maximum atomic E-state index is 13.1. The van der Waals surface area contributed by atoms with Gasteiger partial charge in [0, 0.05) is 7.11 Å². The van der Waals surface area contributed by atoms with Gasteiger partial charge >= 0.3 is 6.11 Å². The molecular formula is C16H19F2NO4. The number of amides is 1. The van der Waals surface area contributed by atoms with Crippen molar-refractivity contribution in [2.24, 2.45) is 0 Å². The first-order valence-corrected chi connectivity index (χ1v) is 7.20. The molecule has 126 valence electrons. The molecule has 1 aromatic rings. The molecule has 1 aromatic carbocycles. The number of alkyl halides is 2.